The molecule has 0 radical (unpaired) electrons. The average molecular weight is 587 g/mol. The van der Waals surface area contributed by atoms with Crippen LogP contribution < -0.4 is 15.4 Å². The Morgan fingerprint density at radius 2 is 1.68 bits per heavy atom. The van der Waals surface area contributed by atoms with Crippen LogP contribution in [0.2, 0.25) is 0 Å². The Labute approximate surface area is 246 Å². The molecular formula is C30H30N6O3S2. The van der Waals surface area contributed by atoms with Gasteiger partial charge in [0.1, 0.15) is 5.75 Å². The van der Waals surface area contributed by atoms with E-state index in [0.29, 0.717) is 27.4 Å². The first-order valence-corrected chi connectivity index (χ1v) is 15.1. The van der Waals surface area contributed by atoms with Gasteiger partial charge in [-0.25, -0.2) is 4.98 Å². The lowest BCUT2D eigenvalue weighted by atomic mass is 10.0. The minimum Gasteiger partial charge on any atom is -0.497 e. The number of carbonyl (C=O) groups is 2. The highest BCUT2D eigenvalue weighted by Crippen LogP contribution is 2.29. The first-order chi connectivity index (χ1) is 20.0. The second-order valence-corrected chi connectivity index (χ2v) is 11.1. The van der Waals surface area contributed by atoms with Crippen LogP contribution in [-0.4, -0.2) is 44.4 Å². The lowest BCUT2D eigenvalue weighted by molar-refractivity contribution is -0.113. The van der Waals surface area contributed by atoms with Gasteiger partial charge in [-0.15, -0.1) is 10.2 Å². The molecule has 9 nitrogen and oxygen atoms in total. The van der Waals surface area contributed by atoms with Crippen molar-refractivity contribution in [2.75, 3.05) is 18.2 Å². The van der Waals surface area contributed by atoms with Gasteiger partial charge in [0.05, 0.1) is 35.3 Å². The number of fused-ring (bicyclic) bond motifs is 1. The van der Waals surface area contributed by atoms with Crippen molar-refractivity contribution in [1.29, 1.82) is 0 Å². The van der Waals surface area contributed by atoms with Crippen LogP contribution in [0.25, 0.3) is 15.9 Å². The summed E-state index contributed by atoms with van der Waals surface area (Å²) in [5, 5.41) is 15.9. The monoisotopic (exact) mass is 586 g/mol. The zero-order valence-electron chi connectivity index (χ0n) is 23.0. The minimum atomic E-state index is -0.230. The third kappa shape index (κ3) is 6.41. The molecule has 2 aromatic heterocycles. The Morgan fingerprint density at radius 1 is 0.951 bits per heavy atom. The number of rotatable bonds is 11. The second-order valence-electron chi connectivity index (χ2n) is 9.10. The van der Waals surface area contributed by atoms with Gasteiger partial charge in [-0.05, 0) is 60.4 Å². The van der Waals surface area contributed by atoms with E-state index < -0.39 is 0 Å². The summed E-state index contributed by atoms with van der Waals surface area (Å²) in [6.07, 6.45) is 1.61. The predicted molar refractivity (Wildman–Crippen MR) is 163 cm³/mol. The van der Waals surface area contributed by atoms with Crippen LogP contribution >= 0.6 is 23.1 Å². The van der Waals surface area contributed by atoms with Gasteiger partial charge >= 0.3 is 0 Å². The molecule has 0 spiro atoms. The largest absolute Gasteiger partial charge is 0.497 e. The lowest BCUT2D eigenvalue weighted by Crippen LogP contribution is -2.25. The minimum absolute atomic E-state index is 0.127. The summed E-state index contributed by atoms with van der Waals surface area (Å²) >= 11 is 2.74. The fraction of sp³-hybridized carbons (Fsp3) is 0.233. The molecule has 2 heterocycles. The summed E-state index contributed by atoms with van der Waals surface area (Å²) in [5.41, 5.74) is 4.62. The van der Waals surface area contributed by atoms with Crippen molar-refractivity contribution in [2.45, 2.75) is 38.4 Å². The maximum absolute atomic E-state index is 12.9. The smallest absolute Gasteiger partial charge is 0.251 e. The Morgan fingerprint density at radius 3 is 2.37 bits per heavy atom. The summed E-state index contributed by atoms with van der Waals surface area (Å²) in [6, 6.07) is 20.9. The van der Waals surface area contributed by atoms with E-state index in [9.17, 15) is 9.59 Å². The van der Waals surface area contributed by atoms with Gasteiger partial charge in [0, 0.05) is 5.56 Å². The molecule has 0 saturated carbocycles. The van der Waals surface area contributed by atoms with Crippen molar-refractivity contribution in [3.8, 4) is 11.4 Å². The zero-order valence-corrected chi connectivity index (χ0v) is 24.6. The van der Waals surface area contributed by atoms with Crippen LogP contribution in [0.5, 0.6) is 5.75 Å². The molecule has 0 unspecified atom stereocenters. The van der Waals surface area contributed by atoms with Gasteiger partial charge in [0.2, 0.25) is 5.91 Å². The molecule has 0 aliphatic heterocycles. The number of anilines is 1. The number of carbonyl (C=O) groups excluding carboxylic acids is 2. The quantitative estimate of drug-likeness (QED) is 0.192. The van der Waals surface area contributed by atoms with Crippen LogP contribution in [0.15, 0.2) is 71.9 Å². The summed E-state index contributed by atoms with van der Waals surface area (Å²) < 4.78 is 8.18. The number of hydrogen-bond donors (Lipinski definition) is 2. The molecule has 5 aromatic rings. The number of hydrogen-bond acceptors (Lipinski definition) is 8. The molecule has 2 amide bonds. The van der Waals surface area contributed by atoms with Crippen LogP contribution in [0, 0.1) is 0 Å². The zero-order chi connectivity index (χ0) is 28.8. The fourth-order valence-corrected chi connectivity index (χ4v) is 6.09. The number of ether oxygens (including phenoxy) is 1. The molecule has 0 bridgehead atoms. The number of nitrogens with zero attached hydrogens (tertiary/aromatic N) is 4. The Bertz CT molecular complexity index is 1620. The topological polar surface area (TPSA) is 111 Å². The van der Waals surface area contributed by atoms with E-state index in [2.05, 4.69) is 57.9 Å². The summed E-state index contributed by atoms with van der Waals surface area (Å²) in [5.74, 6) is 0.973. The highest BCUT2D eigenvalue weighted by atomic mass is 32.2. The van der Waals surface area contributed by atoms with Gasteiger partial charge in [-0.3, -0.25) is 14.2 Å². The fourth-order valence-electron chi connectivity index (χ4n) is 4.45. The van der Waals surface area contributed by atoms with Gasteiger partial charge in [-0.2, -0.15) is 0 Å². The number of nitrogens with one attached hydrogen (secondary N) is 2. The normalized spacial score (nSPS) is 11.0. The van der Waals surface area contributed by atoms with E-state index in [0.717, 1.165) is 39.9 Å². The molecule has 0 saturated heterocycles. The molecule has 11 heteroatoms. The van der Waals surface area contributed by atoms with Crippen molar-refractivity contribution in [1.82, 2.24) is 25.1 Å². The van der Waals surface area contributed by atoms with E-state index >= 15 is 0 Å². The van der Waals surface area contributed by atoms with E-state index in [1.807, 2.05) is 28.8 Å². The highest BCUT2D eigenvalue weighted by molar-refractivity contribution is 7.99. The number of benzene rings is 3. The summed E-state index contributed by atoms with van der Waals surface area (Å²) in [6.45, 7) is 4.37. The standard InChI is InChI=1S/C30H30N6O3S2/c1-4-19-9-8-10-20(5-2)27(19)36-25(17-31-28(38)21-13-15-22(39-3)16-14-21)34-35-30(36)40-18-26(37)33-29-32-23-11-6-7-12-24(23)41-29/h6-16H,4-5,17-18H2,1-3H3,(H,31,38)(H,32,33,37). The average Bonchev–Trinajstić information content (AvgIpc) is 3.61. The maximum Gasteiger partial charge on any atom is 0.251 e. The molecule has 0 atom stereocenters. The molecular weight excluding hydrogens is 557 g/mol. The molecule has 0 fully saturated rings. The number of para-hydroxylation sites is 2. The number of methoxy groups -OCH3 is 1. The maximum atomic E-state index is 12.9. The summed E-state index contributed by atoms with van der Waals surface area (Å²) in [7, 11) is 1.58. The van der Waals surface area contributed by atoms with Crippen LogP contribution in [-0.2, 0) is 24.2 Å². The summed E-state index contributed by atoms with van der Waals surface area (Å²) in [4.78, 5) is 30.3. The highest BCUT2D eigenvalue weighted by Gasteiger charge is 2.21. The Hall–Kier alpha value is -4.22. The molecule has 0 aliphatic carbocycles. The number of amides is 2. The SMILES string of the molecule is CCc1cccc(CC)c1-n1c(CNC(=O)c2ccc(OC)cc2)nnc1SCC(=O)Nc1nc2ccccc2s1. The van der Waals surface area contributed by atoms with E-state index in [4.69, 9.17) is 4.74 Å². The van der Waals surface area contributed by atoms with Gasteiger partial charge in [0.15, 0.2) is 16.1 Å². The van der Waals surface area contributed by atoms with Crippen LogP contribution in [0.3, 0.4) is 0 Å². The molecule has 2 N–H and O–H groups in total. The number of aryl methyl sites for hydroxylation is 2. The predicted octanol–water partition coefficient (Wildman–Crippen LogP) is 5.67. The molecule has 41 heavy (non-hydrogen) atoms. The first kappa shape index (κ1) is 28.3. The van der Waals surface area contributed by atoms with E-state index in [1.54, 1.807) is 31.4 Å². The molecule has 0 aliphatic rings. The number of aromatic nitrogens is 4. The Kier molecular flexibility index (Phi) is 8.95. The third-order valence-corrected chi connectivity index (χ3v) is 8.40. The van der Waals surface area contributed by atoms with Crippen molar-refractivity contribution in [3.05, 3.63) is 89.2 Å². The molecule has 5 rings (SSSR count). The number of thioether (sulfide) groups is 1. The third-order valence-electron chi connectivity index (χ3n) is 6.52. The van der Waals surface area contributed by atoms with Crippen LogP contribution in [0.4, 0.5) is 5.13 Å². The van der Waals surface area contributed by atoms with Crippen molar-refractivity contribution >= 4 is 50.3 Å². The lowest BCUT2D eigenvalue weighted by Gasteiger charge is -2.18. The number of thiazole rings is 1. The van der Waals surface area contributed by atoms with Crippen molar-refractivity contribution < 1.29 is 14.3 Å². The molecule has 210 valence electrons. The van der Waals surface area contributed by atoms with Gasteiger partial charge in [0.25, 0.3) is 5.91 Å². The first-order valence-electron chi connectivity index (χ1n) is 13.3. The van der Waals surface area contributed by atoms with Crippen molar-refractivity contribution in [2.24, 2.45) is 0 Å². The van der Waals surface area contributed by atoms with Crippen molar-refractivity contribution in [3.63, 3.8) is 0 Å². The van der Waals surface area contributed by atoms with Crippen LogP contribution in [0.1, 0.15) is 41.2 Å². The van der Waals surface area contributed by atoms with Gasteiger partial charge < -0.3 is 15.4 Å². The van der Waals surface area contributed by atoms with E-state index in [-0.39, 0.29) is 24.1 Å². The van der Waals surface area contributed by atoms with E-state index in [1.165, 1.54) is 23.1 Å². The Balaban J connectivity index is 1.38. The van der Waals surface area contributed by atoms with Gasteiger partial charge in [-0.1, -0.05) is 67.3 Å². The molecule has 3 aromatic carbocycles. The second kappa shape index (κ2) is 13.0.